The van der Waals surface area contributed by atoms with Crippen LogP contribution in [0.5, 0.6) is 0 Å². The predicted molar refractivity (Wildman–Crippen MR) is 358 cm³/mol. The van der Waals surface area contributed by atoms with E-state index in [9.17, 15) is 14.4 Å². The maximum absolute atomic E-state index is 12.9. The first-order valence-corrected chi connectivity index (χ1v) is 35.6. The van der Waals surface area contributed by atoms with E-state index in [4.69, 9.17) is 14.2 Å². The molecule has 82 heavy (non-hydrogen) atoms. The number of rotatable bonds is 65. The summed E-state index contributed by atoms with van der Waals surface area (Å²) >= 11 is 0. The summed E-state index contributed by atoms with van der Waals surface area (Å²) in [4.78, 5) is 38.3. The molecule has 1 unspecified atom stereocenters. The molecule has 0 rings (SSSR count). The van der Waals surface area contributed by atoms with Gasteiger partial charge in [0.05, 0.1) is 0 Å². The second-order valence-electron chi connectivity index (χ2n) is 23.8. The molecule has 0 aromatic rings. The molecule has 1 atom stereocenters. The van der Waals surface area contributed by atoms with E-state index in [2.05, 4.69) is 106 Å². The van der Waals surface area contributed by atoms with Crippen LogP contribution in [0.3, 0.4) is 0 Å². The van der Waals surface area contributed by atoms with Crippen LogP contribution in [0.25, 0.3) is 0 Å². The molecule has 0 amide bonds. The fourth-order valence-electron chi connectivity index (χ4n) is 10.3. The zero-order valence-corrected chi connectivity index (χ0v) is 54.5. The lowest BCUT2D eigenvalue weighted by molar-refractivity contribution is -0.167. The largest absolute Gasteiger partial charge is 0.462 e. The summed E-state index contributed by atoms with van der Waals surface area (Å²) in [7, 11) is 0. The van der Waals surface area contributed by atoms with Gasteiger partial charge in [-0.1, -0.05) is 331 Å². The average molecular weight is 1140 g/mol. The molecule has 0 saturated carbocycles. The van der Waals surface area contributed by atoms with Gasteiger partial charge in [-0.05, 0) is 96.3 Å². The van der Waals surface area contributed by atoms with E-state index in [0.717, 1.165) is 96.3 Å². The van der Waals surface area contributed by atoms with Crippen LogP contribution in [0, 0.1) is 0 Å². The molecule has 0 bridgehead atoms. The highest BCUT2D eigenvalue weighted by molar-refractivity contribution is 5.71. The Balaban J connectivity index is 4.08. The van der Waals surface area contributed by atoms with Gasteiger partial charge in [0, 0.05) is 19.3 Å². The van der Waals surface area contributed by atoms with Crippen molar-refractivity contribution in [3.63, 3.8) is 0 Å². The molecule has 0 N–H and O–H groups in total. The number of unbranched alkanes of at least 4 members (excludes halogenated alkanes) is 40. The number of allylic oxidation sites excluding steroid dienone is 14. The number of ether oxygens (including phenoxy) is 3. The van der Waals surface area contributed by atoms with Gasteiger partial charge in [0.15, 0.2) is 6.10 Å². The minimum Gasteiger partial charge on any atom is -0.462 e. The minimum atomic E-state index is -0.775. The van der Waals surface area contributed by atoms with Gasteiger partial charge in [0.2, 0.25) is 0 Å². The molecular weight excluding hydrogens is 1010 g/mol. The molecular formula is C76H134O6. The van der Waals surface area contributed by atoms with Gasteiger partial charge in [-0.25, -0.2) is 0 Å². The Morgan fingerprint density at radius 3 is 0.744 bits per heavy atom. The minimum absolute atomic E-state index is 0.0732. The highest BCUT2D eigenvalue weighted by Crippen LogP contribution is 2.18. The highest BCUT2D eigenvalue weighted by atomic mass is 16.6. The summed E-state index contributed by atoms with van der Waals surface area (Å²) in [6.45, 7) is 6.53. The molecule has 0 aliphatic carbocycles. The molecule has 0 aromatic heterocycles. The first-order chi connectivity index (χ1) is 40.5. The van der Waals surface area contributed by atoms with Crippen molar-refractivity contribution in [2.24, 2.45) is 0 Å². The van der Waals surface area contributed by atoms with Crippen molar-refractivity contribution in [1.29, 1.82) is 0 Å². The van der Waals surface area contributed by atoms with E-state index in [-0.39, 0.29) is 31.1 Å². The second kappa shape index (κ2) is 70.1. The maximum atomic E-state index is 12.9. The van der Waals surface area contributed by atoms with Crippen LogP contribution in [-0.2, 0) is 28.6 Å². The third-order valence-corrected chi connectivity index (χ3v) is 15.6. The Kier molecular flexibility index (Phi) is 67.2. The molecule has 0 heterocycles. The van der Waals surface area contributed by atoms with Crippen LogP contribution in [0.1, 0.15) is 361 Å². The molecule has 0 saturated heterocycles. The van der Waals surface area contributed by atoms with Gasteiger partial charge in [-0.3, -0.25) is 14.4 Å². The highest BCUT2D eigenvalue weighted by Gasteiger charge is 2.19. The standard InChI is InChI=1S/C76H134O6/c1-4-7-10-13-16-19-21-23-25-27-29-31-33-35-36-37-38-39-40-42-43-45-47-49-51-53-55-57-60-63-66-69-75(78)81-72-73(71-80-74(77)68-65-62-59-18-15-12-9-6-3)82-76(79)70-67-64-61-58-56-54-52-50-48-46-44-41-34-32-30-28-26-24-22-20-17-14-11-8-5-2/h7,10,16,19,22-25,28-31,34,41,73H,4-6,8-9,11-15,17-18,20-21,26-27,32-33,35-40,42-72H2,1-3H3/b10-7-,19-16-,24-22-,25-23-,30-28-,31-29-,41-34-. The van der Waals surface area contributed by atoms with E-state index in [1.807, 2.05) is 0 Å². The molecule has 6 heteroatoms. The zero-order chi connectivity index (χ0) is 59.2. The molecule has 0 spiro atoms. The first-order valence-electron chi connectivity index (χ1n) is 35.6. The summed E-state index contributed by atoms with van der Waals surface area (Å²) in [5, 5.41) is 0. The van der Waals surface area contributed by atoms with E-state index in [1.54, 1.807) is 0 Å². The molecule has 0 fully saturated rings. The summed E-state index contributed by atoms with van der Waals surface area (Å²) in [6.07, 6.45) is 93.5. The second-order valence-corrected chi connectivity index (χ2v) is 23.8. The van der Waals surface area contributed by atoms with Crippen molar-refractivity contribution in [1.82, 2.24) is 0 Å². The normalized spacial score (nSPS) is 12.6. The molecule has 0 aliphatic heterocycles. The number of hydrogen-bond donors (Lipinski definition) is 0. The van der Waals surface area contributed by atoms with Crippen LogP contribution in [-0.4, -0.2) is 37.2 Å². The van der Waals surface area contributed by atoms with E-state index in [1.165, 1.54) is 225 Å². The van der Waals surface area contributed by atoms with Gasteiger partial charge >= 0.3 is 17.9 Å². The fraction of sp³-hybridized carbons (Fsp3) is 0.776. The van der Waals surface area contributed by atoms with Gasteiger partial charge in [0.25, 0.3) is 0 Å². The molecule has 0 radical (unpaired) electrons. The first kappa shape index (κ1) is 78.6. The van der Waals surface area contributed by atoms with Crippen molar-refractivity contribution in [2.75, 3.05) is 13.2 Å². The van der Waals surface area contributed by atoms with E-state index >= 15 is 0 Å². The lowest BCUT2D eigenvalue weighted by Crippen LogP contribution is -2.30. The summed E-state index contributed by atoms with van der Waals surface area (Å²) < 4.78 is 16.9. The summed E-state index contributed by atoms with van der Waals surface area (Å²) in [6, 6.07) is 0. The van der Waals surface area contributed by atoms with Gasteiger partial charge in [0.1, 0.15) is 13.2 Å². The lowest BCUT2D eigenvalue weighted by Gasteiger charge is -2.18. The Morgan fingerprint density at radius 2 is 0.476 bits per heavy atom. The van der Waals surface area contributed by atoms with Crippen molar-refractivity contribution in [3.8, 4) is 0 Å². The SMILES string of the molecule is CC/C=C\C/C=C\C/C=C\C/C=C\CCCCCCCCCCCCCCCCCCCCC(=O)OCC(COC(=O)CCCCCCCCCC)OC(=O)CCCCCCCCCCCC/C=C\C/C=C\C/C=C\CCCCCCC. The van der Waals surface area contributed by atoms with E-state index in [0.29, 0.717) is 19.3 Å². The number of carbonyl (C=O) groups excluding carboxylic acids is 3. The Bertz CT molecular complexity index is 1550. The monoisotopic (exact) mass is 1140 g/mol. The predicted octanol–water partition coefficient (Wildman–Crippen LogP) is 24.6. The topological polar surface area (TPSA) is 78.9 Å². The summed E-state index contributed by atoms with van der Waals surface area (Å²) in [5.74, 6) is -0.863. The third-order valence-electron chi connectivity index (χ3n) is 15.6. The van der Waals surface area contributed by atoms with Crippen molar-refractivity contribution < 1.29 is 28.6 Å². The van der Waals surface area contributed by atoms with Crippen molar-refractivity contribution >= 4 is 17.9 Å². The summed E-state index contributed by atoms with van der Waals surface area (Å²) in [5.41, 5.74) is 0. The Morgan fingerprint density at radius 1 is 0.256 bits per heavy atom. The van der Waals surface area contributed by atoms with Crippen LogP contribution in [0.15, 0.2) is 85.1 Å². The zero-order valence-electron chi connectivity index (χ0n) is 54.5. The number of hydrogen-bond acceptors (Lipinski definition) is 6. The van der Waals surface area contributed by atoms with Crippen molar-refractivity contribution in [3.05, 3.63) is 85.1 Å². The van der Waals surface area contributed by atoms with Crippen LogP contribution in [0.4, 0.5) is 0 Å². The molecule has 0 aliphatic rings. The van der Waals surface area contributed by atoms with Crippen molar-refractivity contribution in [2.45, 2.75) is 367 Å². The van der Waals surface area contributed by atoms with Gasteiger partial charge in [-0.2, -0.15) is 0 Å². The Labute approximate surface area is 509 Å². The quantitative estimate of drug-likeness (QED) is 0.0261. The van der Waals surface area contributed by atoms with Crippen LogP contribution in [0.2, 0.25) is 0 Å². The average Bonchev–Trinajstić information content (AvgIpc) is 3.47. The van der Waals surface area contributed by atoms with Gasteiger partial charge < -0.3 is 14.2 Å². The number of carbonyl (C=O) groups is 3. The molecule has 6 nitrogen and oxygen atoms in total. The number of esters is 3. The smallest absolute Gasteiger partial charge is 0.306 e. The maximum Gasteiger partial charge on any atom is 0.306 e. The Hall–Kier alpha value is -3.41. The lowest BCUT2D eigenvalue weighted by atomic mass is 10.0. The van der Waals surface area contributed by atoms with Crippen LogP contribution < -0.4 is 0 Å². The fourth-order valence-corrected chi connectivity index (χ4v) is 10.3. The van der Waals surface area contributed by atoms with E-state index < -0.39 is 6.10 Å². The van der Waals surface area contributed by atoms with Crippen LogP contribution >= 0.6 is 0 Å². The molecule has 474 valence electrons. The third kappa shape index (κ3) is 67.4. The van der Waals surface area contributed by atoms with Gasteiger partial charge in [-0.15, -0.1) is 0 Å². The molecule has 0 aromatic carbocycles.